The Labute approximate surface area is 148 Å². The van der Waals surface area contributed by atoms with Crippen LogP contribution >= 0.6 is 0 Å². The van der Waals surface area contributed by atoms with Crippen LogP contribution in [0.4, 0.5) is 4.79 Å². The molecule has 1 aliphatic rings. The molecule has 1 amide bonds. The van der Waals surface area contributed by atoms with Crippen LogP contribution in [-0.4, -0.2) is 25.9 Å². The summed E-state index contributed by atoms with van der Waals surface area (Å²) in [5.74, 6) is 0.864. The van der Waals surface area contributed by atoms with Gasteiger partial charge in [-0.2, -0.15) is 0 Å². The van der Waals surface area contributed by atoms with Gasteiger partial charge in [-0.3, -0.25) is 0 Å². The fraction of sp³-hybridized carbons (Fsp3) is 0.350. The monoisotopic (exact) mass is 340 g/mol. The highest BCUT2D eigenvalue weighted by atomic mass is 16.5. The smallest absolute Gasteiger partial charge is 0.407 e. The Kier molecular flexibility index (Phi) is 5.24. The van der Waals surface area contributed by atoms with E-state index >= 15 is 0 Å². The summed E-state index contributed by atoms with van der Waals surface area (Å²) in [5, 5.41) is 6.63. The molecule has 2 N–H and O–H groups in total. The normalized spacial score (nSPS) is 15.9. The summed E-state index contributed by atoms with van der Waals surface area (Å²) in [6.45, 7) is 0.677. The summed E-state index contributed by atoms with van der Waals surface area (Å²) in [7, 11) is 3.07. The fourth-order valence-electron chi connectivity index (χ4n) is 3.19. The molecular weight excluding hydrogens is 316 g/mol. The number of nitrogens with one attached hydrogen (secondary N) is 2. The molecule has 1 atom stereocenters. The van der Waals surface area contributed by atoms with Gasteiger partial charge in [-0.25, -0.2) is 4.79 Å². The van der Waals surface area contributed by atoms with Crippen LogP contribution in [0, 0.1) is 0 Å². The highest BCUT2D eigenvalue weighted by molar-refractivity contribution is 5.68. The minimum absolute atomic E-state index is 0.143. The molecule has 0 heterocycles. The SMILES string of the molecule is COC(=O)NC(c1ccccc1)C1(NCc2ccccc2OC)CC1. The first kappa shape index (κ1) is 17.3. The molecule has 2 aromatic rings. The van der Waals surface area contributed by atoms with Crippen molar-refractivity contribution in [2.24, 2.45) is 0 Å². The molecule has 5 heteroatoms. The molecule has 3 rings (SSSR count). The van der Waals surface area contributed by atoms with Crippen molar-refractivity contribution in [3.8, 4) is 5.75 Å². The van der Waals surface area contributed by atoms with Gasteiger partial charge in [0.25, 0.3) is 0 Å². The molecule has 1 fully saturated rings. The maximum Gasteiger partial charge on any atom is 0.407 e. The molecule has 0 spiro atoms. The first-order valence-electron chi connectivity index (χ1n) is 8.45. The minimum Gasteiger partial charge on any atom is -0.496 e. The van der Waals surface area contributed by atoms with Gasteiger partial charge in [0.15, 0.2) is 0 Å². The number of para-hydroxylation sites is 1. The van der Waals surface area contributed by atoms with Gasteiger partial charge in [-0.05, 0) is 24.5 Å². The van der Waals surface area contributed by atoms with Gasteiger partial charge in [-0.1, -0.05) is 48.5 Å². The lowest BCUT2D eigenvalue weighted by Crippen LogP contribution is -2.45. The third-order valence-electron chi connectivity index (χ3n) is 4.75. The Morgan fingerprint density at radius 2 is 1.76 bits per heavy atom. The van der Waals surface area contributed by atoms with Crippen molar-refractivity contribution < 1.29 is 14.3 Å². The van der Waals surface area contributed by atoms with E-state index in [0.717, 1.165) is 29.7 Å². The van der Waals surface area contributed by atoms with Crippen molar-refractivity contribution in [1.82, 2.24) is 10.6 Å². The van der Waals surface area contributed by atoms with Gasteiger partial charge in [0, 0.05) is 17.6 Å². The zero-order valence-electron chi connectivity index (χ0n) is 14.6. The fourth-order valence-corrected chi connectivity index (χ4v) is 3.19. The van der Waals surface area contributed by atoms with Gasteiger partial charge in [-0.15, -0.1) is 0 Å². The number of carbonyl (C=O) groups is 1. The summed E-state index contributed by atoms with van der Waals surface area (Å²) < 4.78 is 10.3. The Bertz CT molecular complexity index is 714. The molecule has 0 radical (unpaired) electrons. The van der Waals surface area contributed by atoms with Crippen LogP contribution in [0.3, 0.4) is 0 Å². The second-order valence-corrected chi connectivity index (χ2v) is 6.30. The maximum absolute atomic E-state index is 11.9. The number of hydrogen-bond donors (Lipinski definition) is 2. The average molecular weight is 340 g/mol. The van der Waals surface area contributed by atoms with Crippen LogP contribution in [0.25, 0.3) is 0 Å². The maximum atomic E-state index is 11.9. The molecule has 0 bridgehead atoms. The van der Waals surface area contributed by atoms with Gasteiger partial charge in [0.05, 0.1) is 20.3 Å². The number of alkyl carbamates (subject to hydrolysis) is 1. The lowest BCUT2D eigenvalue weighted by molar-refractivity contribution is 0.161. The van der Waals surface area contributed by atoms with Crippen LogP contribution in [0.15, 0.2) is 54.6 Å². The summed E-state index contributed by atoms with van der Waals surface area (Å²) in [6, 6.07) is 17.8. The van der Waals surface area contributed by atoms with E-state index in [4.69, 9.17) is 9.47 Å². The summed E-state index contributed by atoms with van der Waals surface area (Å²) in [5.41, 5.74) is 2.00. The number of amides is 1. The van der Waals surface area contributed by atoms with E-state index in [1.54, 1.807) is 7.11 Å². The Morgan fingerprint density at radius 3 is 2.40 bits per heavy atom. The average Bonchev–Trinajstić information content (AvgIpc) is 3.46. The first-order chi connectivity index (χ1) is 12.2. The van der Waals surface area contributed by atoms with Crippen molar-refractivity contribution in [3.63, 3.8) is 0 Å². The number of benzene rings is 2. The van der Waals surface area contributed by atoms with Crippen molar-refractivity contribution in [1.29, 1.82) is 0 Å². The highest BCUT2D eigenvalue weighted by Gasteiger charge is 2.50. The Balaban J connectivity index is 1.79. The number of ether oxygens (including phenoxy) is 2. The van der Waals surface area contributed by atoms with E-state index in [1.165, 1.54) is 7.11 Å². The molecule has 5 nitrogen and oxygen atoms in total. The first-order valence-corrected chi connectivity index (χ1v) is 8.45. The topological polar surface area (TPSA) is 59.6 Å². The van der Waals surface area contributed by atoms with Crippen LogP contribution in [0.2, 0.25) is 0 Å². The van der Waals surface area contributed by atoms with E-state index in [1.807, 2.05) is 54.6 Å². The summed E-state index contributed by atoms with van der Waals surface area (Å²) >= 11 is 0. The molecule has 0 aromatic heterocycles. The number of methoxy groups -OCH3 is 2. The zero-order chi connectivity index (χ0) is 17.7. The van der Waals surface area contributed by atoms with Crippen LogP contribution in [-0.2, 0) is 11.3 Å². The van der Waals surface area contributed by atoms with Crippen LogP contribution in [0.5, 0.6) is 5.75 Å². The van der Waals surface area contributed by atoms with Gasteiger partial charge < -0.3 is 20.1 Å². The van der Waals surface area contributed by atoms with E-state index in [0.29, 0.717) is 6.54 Å². The third kappa shape index (κ3) is 3.94. The predicted octanol–water partition coefficient (Wildman–Crippen LogP) is 3.41. The molecular formula is C20H24N2O3. The van der Waals surface area contributed by atoms with E-state index in [-0.39, 0.29) is 11.6 Å². The quantitative estimate of drug-likeness (QED) is 0.811. The summed E-state index contributed by atoms with van der Waals surface area (Å²) in [4.78, 5) is 11.9. The molecule has 1 aliphatic carbocycles. The van der Waals surface area contributed by atoms with Crippen LogP contribution < -0.4 is 15.4 Å². The van der Waals surface area contributed by atoms with Crippen LogP contribution in [0.1, 0.15) is 30.0 Å². The number of hydrogen-bond acceptors (Lipinski definition) is 4. The third-order valence-corrected chi connectivity index (χ3v) is 4.75. The zero-order valence-corrected chi connectivity index (χ0v) is 14.6. The lowest BCUT2D eigenvalue weighted by atomic mass is 9.96. The summed E-state index contributed by atoms with van der Waals surface area (Å²) in [6.07, 6.45) is 1.57. The van der Waals surface area contributed by atoms with E-state index < -0.39 is 6.09 Å². The molecule has 25 heavy (non-hydrogen) atoms. The Hall–Kier alpha value is -2.53. The Morgan fingerprint density at radius 1 is 1.08 bits per heavy atom. The molecule has 132 valence electrons. The standard InChI is InChI=1S/C20H24N2O3/c1-24-17-11-7-6-10-16(17)14-21-20(12-13-20)18(22-19(23)25-2)15-8-4-3-5-9-15/h3-11,18,21H,12-14H2,1-2H3,(H,22,23). The largest absolute Gasteiger partial charge is 0.496 e. The van der Waals surface area contributed by atoms with Crippen molar-refractivity contribution >= 4 is 6.09 Å². The second-order valence-electron chi connectivity index (χ2n) is 6.30. The van der Waals surface area contributed by atoms with Crippen molar-refractivity contribution in [2.75, 3.05) is 14.2 Å². The van der Waals surface area contributed by atoms with Gasteiger partial charge >= 0.3 is 6.09 Å². The minimum atomic E-state index is -0.417. The van der Waals surface area contributed by atoms with Crippen molar-refractivity contribution in [2.45, 2.75) is 31.0 Å². The van der Waals surface area contributed by atoms with Gasteiger partial charge in [0.1, 0.15) is 5.75 Å². The lowest BCUT2D eigenvalue weighted by Gasteiger charge is -2.29. The van der Waals surface area contributed by atoms with E-state index in [9.17, 15) is 4.79 Å². The number of carbonyl (C=O) groups excluding carboxylic acids is 1. The van der Waals surface area contributed by atoms with Gasteiger partial charge in [0.2, 0.25) is 0 Å². The molecule has 1 saturated carbocycles. The van der Waals surface area contributed by atoms with E-state index in [2.05, 4.69) is 10.6 Å². The van der Waals surface area contributed by atoms with Crippen molar-refractivity contribution in [3.05, 3.63) is 65.7 Å². The highest BCUT2D eigenvalue weighted by Crippen LogP contribution is 2.46. The molecule has 0 aliphatic heterocycles. The molecule has 1 unspecified atom stereocenters. The molecule has 0 saturated heterocycles. The number of rotatable bonds is 7. The second kappa shape index (κ2) is 7.57. The molecule has 2 aromatic carbocycles. The predicted molar refractivity (Wildman–Crippen MR) is 96.5 cm³/mol.